The molecule has 0 saturated heterocycles. The summed E-state index contributed by atoms with van der Waals surface area (Å²) in [6.45, 7) is 1.81. The van der Waals surface area contributed by atoms with E-state index in [0.717, 1.165) is 0 Å². The number of carbonyl (C=O) groups excluding carboxylic acids is 1. The standard InChI is InChI=1S/C10H8Cl2N4O2/c1-5-15-9(16-18-5)4-14-10(17)6-2-8(12)13-3-7(6)11/h2-3H,4H2,1H3,(H,14,17). The van der Waals surface area contributed by atoms with E-state index < -0.39 is 0 Å². The van der Waals surface area contributed by atoms with Crippen LogP contribution in [0, 0.1) is 6.92 Å². The van der Waals surface area contributed by atoms with Gasteiger partial charge < -0.3 is 9.84 Å². The highest BCUT2D eigenvalue weighted by molar-refractivity contribution is 6.35. The number of amides is 1. The van der Waals surface area contributed by atoms with Crippen LogP contribution in [0.1, 0.15) is 22.1 Å². The lowest BCUT2D eigenvalue weighted by atomic mass is 10.2. The maximum absolute atomic E-state index is 11.8. The zero-order valence-electron chi connectivity index (χ0n) is 9.28. The van der Waals surface area contributed by atoms with Crippen LogP contribution >= 0.6 is 23.2 Å². The van der Waals surface area contributed by atoms with Gasteiger partial charge in [0.2, 0.25) is 5.89 Å². The van der Waals surface area contributed by atoms with E-state index in [-0.39, 0.29) is 28.2 Å². The minimum Gasteiger partial charge on any atom is -0.345 e. The highest BCUT2D eigenvalue weighted by Crippen LogP contribution is 2.17. The maximum atomic E-state index is 11.8. The van der Waals surface area contributed by atoms with Gasteiger partial charge >= 0.3 is 0 Å². The van der Waals surface area contributed by atoms with Gasteiger partial charge in [0.25, 0.3) is 5.91 Å². The Morgan fingerprint density at radius 1 is 1.50 bits per heavy atom. The second-order valence-corrected chi connectivity index (χ2v) is 4.19. The van der Waals surface area contributed by atoms with Crippen molar-refractivity contribution in [3.8, 4) is 0 Å². The molecule has 0 spiro atoms. The third-order valence-corrected chi connectivity index (χ3v) is 2.55. The summed E-state index contributed by atoms with van der Waals surface area (Å²) < 4.78 is 4.78. The number of nitrogens with zero attached hydrogens (tertiary/aromatic N) is 3. The van der Waals surface area contributed by atoms with E-state index in [4.69, 9.17) is 27.7 Å². The summed E-state index contributed by atoms with van der Waals surface area (Å²) in [4.78, 5) is 19.5. The van der Waals surface area contributed by atoms with Crippen molar-refractivity contribution in [3.05, 3.63) is 39.7 Å². The summed E-state index contributed by atoms with van der Waals surface area (Å²) in [5.74, 6) is 0.438. The first-order valence-corrected chi connectivity index (χ1v) is 5.70. The molecule has 6 nitrogen and oxygen atoms in total. The molecule has 1 amide bonds. The van der Waals surface area contributed by atoms with Gasteiger partial charge in [0.1, 0.15) is 5.15 Å². The molecule has 0 saturated carbocycles. The third kappa shape index (κ3) is 2.96. The highest BCUT2D eigenvalue weighted by atomic mass is 35.5. The summed E-state index contributed by atoms with van der Waals surface area (Å²) in [5.41, 5.74) is 0.247. The Labute approximate surface area is 112 Å². The monoisotopic (exact) mass is 286 g/mol. The molecular formula is C10H8Cl2N4O2. The van der Waals surface area contributed by atoms with E-state index in [2.05, 4.69) is 20.4 Å². The predicted molar refractivity (Wildman–Crippen MR) is 64.5 cm³/mol. The van der Waals surface area contributed by atoms with Crippen LogP contribution in [0.4, 0.5) is 0 Å². The molecule has 0 unspecified atom stereocenters. The molecule has 8 heteroatoms. The first kappa shape index (κ1) is 12.8. The maximum Gasteiger partial charge on any atom is 0.253 e. The van der Waals surface area contributed by atoms with Crippen LogP contribution in [0.25, 0.3) is 0 Å². The van der Waals surface area contributed by atoms with Crippen molar-refractivity contribution in [3.63, 3.8) is 0 Å². The van der Waals surface area contributed by atoms with Gasteiger partial charge in [-0.05, 0) is 6.07 Å². The fraction of sp³-hybridized carbons (Fsp3) is 0.200. The molecule has 1 N–H and O–H groups in total. The Balaban J connectivity index is 2.05. The van der Waals surface area contributed by atoms with Crippen LogP contribution in [0.3, 0.4) is 0 Å². The van der Waals surface area contributed by atoms with Gasteiger partial charge in [0.15, 0.2) is 5.82 Å². The fourth-order valence-electron chi connectivity index (χ4n) is 1.25. The predicted octanol–water partition coefficient (Wildman–Crippen LogP) is 2.01. The molecule has 0 aromatic carbocycles. The lowest BCUT2D eigenvalue weighted by molar-refractivity contribution is 0.0949. The summed E-state index contributed by atoms with van der Waals surface area (Å²) in [7, 11) is 0. The molecule has 0 aliphatic carbocycles. The summed E-state index contributed by atoms with van der Waals surface area (Å²) in [6.07, 6.45) is 1.32. The molecule has 2 aromatic rings. The number of pyridine rings is 1. The highest BCUT2D eigenvalue weighted by Gasteiger charge is 2.12. The van der Waals surface area contributed by atoms with Gasteiger partial charge in [-0.25, -0.2) is 4.98 Å². The SMILES string of the molecule is Cc1nc(CNC(=O)c2cc(Cl)ncc2Cl)no1. The van der Waals surface area contributed by atoms with Crippen molar-refractivity contribution in [1.82, 2.24) is 20.4 Å². The van der Waals surface area contributed by atoms with Crippen LogP contribution < -0.4 is 5.32 Å². The van der Waals surface area contributed by atoms with Gasteiger partial charge in [-0.3, -0.25) is 4.79 Å². The number of aryl methyl sites for hydroxylation is 1. The molecular weight excluding hydrogens is 279 g/mol. The number of rotatable bonds is 3. The molecule has 94 valence electrons. The van der Waals surface area contributed by atoms with Crippen molar-refractivity contribution in [2.45, 2.75) is 13.5 Å². The van der Waals surface area contributed by atoms with Crippen LogP contribution in [0.15, 0.2) is 16.8 Å². The molecule has 0 bridgehead atoms. The molecule has 0 fully saturated rings. The van der Waals surface area contributed by atoms with E-state index >= 15 is 0 Å². The molecule has 0 aliphatic rings. The smallest absolute Gasteiger partial charge is 0.253 e. The van der Waals surface area contributed by atoms with E-state index in [9.17, 15) is 4.79 Å². The van der Waals surface area contributed by atoms with Crippen LogP contribution in [0.2, 0.25) is 10.2 Å². The number of carbonyl (C=O) groups is 1. The van der Waals surface area contributed by atoms with Crippen molar-refractivity contribution in [1.29, 1.82) is 0 Å². The molecule has 18 heavy (non-hydrogen) atoms. The average molecular weight is 287 g/mol. The van der Waals surface area contributed by atoms with E-state index in [1.807, 2.05) is 0 Å². The van der Waals surface area contributed by atoms with Crippen molar-refractivity contribution in [2.75, 3.05) is 0 Å². The molecule has 2 heterocycles. The third-order valence-electron chi connectivity index (χ3n) is 2.04. The Morgan fingerprint density at radius 3 is 2.94 bits per heavy atom. The van der Waals surface area contributed by atoms with Crippen LogP contribution in [-0.2, 0) is 6.54 Å². The van der Waals surface area contributed by atoms with E-state index in [1.54, 1.807) is 6.92 Å². The first-order chi connectivity index (χ1) is 8.56. The van der Waals surface area contributed by atoms with E-state index in [1.165, 1.54) is 12.3 Å². The Bertz CT molecular complexity index is 585. The number of nitrogens with one attached hydrogen (secondary N) is 1. The second-order valence-electron chi connectivity index (χ2n) is 3.40. The fourth-order valence-corrected chi connectivity index (χ4v) is 1.60. The Kier molecular flexibility index (Phi) is 3.78. The largest absolute Gasteiger partial charge is 0.345 e. The van der Waals surface area contributed by atoms with Crippen LogP contribution in [0.5, 0.6) is 0 Å². The normalized spacial score (nSPS) is 10.4. The van der Waals surface area contributed by atoms with Gasteiger partial charge in [-0.2, -0.15) is 4.98 Å². The van der Waals surface area contributed by atoms with E-state index in [0.29, 0.717) is 11.7 Å². The summed E-state index contributed by atoms with van der Waals surface area (Å²) in [6, 6.07) is 1.39. The molecule has 0 radical (unpaired) electrons. The van der Waals surface area contributed by atoms with Gasteiger partial charge in [0.05, 0.1) is 17.1 Å². The van der Waals surface area contributed by atoms with Gasteiger partial charge in [0, 0.05) is 13.1 Å². The van der Waals surface area contributed by atoms with Crippen LogP contribution in [-0.4, -0.2) is 21.0 Å². The summed E-state index contributed by atoms with van der Waals surface area (Å²) in [5, 5.41) is 6.67. The molecule has 2 rings (SSSR count). The quantitative estimate of drug-likeness (QED) is 0.873. The number of aromatic nitrogens is 3. The Morgan fingerprint density at radius 2 is 2.28 bits per heavy atom. The lowest BCUT2D eigenvalue weighted by Crippen LogP contribution is -2.23. The average Bonchev–Trinajstić information content (AvgIpc) is 2.75. The van der Waals surface area contributed by atoms with Gasteiger partial charge in [-0.1, -0.05) is 28.4 Å². The topological polar surface area (TPSA) is 80.9 Å². The summed E-state index contributed by atoms with van der Waals surface area (Å²) >= 11 is 11.5. The minimum atomic E-state index is -0.383. The lowest BCUT2D eigenvalue weighted by Gasteiger charge is -2.04. The second kappa shape index (κ2) is 5.32. The number of hydrogen-bond donors (Lipinski definition) is 1. The zero-order chi connectivity index (χ0) is 13.1. The van der Waals surface area contributed by atoms with Crippen molar-refractivity contribution >= 4 is 29.1 Å². The minimum absolute atomic E-state index is 0.145. The first-order valence-electron chi connectivity index (χ1n) is 4.94. The molecule has 0 aliphatic heterocycles. The van der Waals surface area contributed by atoms with Crippen molar-refractivity contribution < 1.29 is 9.32 Å². The molecule has 0 atom stereocenters. The Hall–Kier alpha value is -1.66. The zero-order valence-corrected chi connectivity index (χ0v) is 10.8. The van der Waals surface area contributed by atoms with Crippen molar-refractivity contribution in [2.24, 2.45) is 0 Å². The number of hydrogen-bond acceptors (Lipinski definition) is 5. The number of halogens is 2. The van der Waals surface area contributed by atoms with Gasteiger partial charge in [-0.15, -0.1) is 0 Å². The molecule has 2 aromatic heterocycles.